The molecule has 0 unspecified atom stereocenters. The van der Waals surface area contributed by atoms with Crippen molar-refractivity contribution in [1.29, 1.82) is 0 Å². The summed E-state index contributed by atoms with van der Waals surface area (Å²) in [5.41, 5.74) is 2.73. The van der Waals surface area contributed by atoms with Crippen LogP contribution < -0.4 is 0 Å². The third-order valence-electron chi connectivity index (χ3n) is 4.63. The van der Waals surface area contributed by atoms with Crippen molar-refractivity contribution in [3.8, 4) is 0 Å². The number of benzene rings is 1. The van der Waals surface area contributed by atoms with Gasteiger partial charge in [0.2, 0.25) is 0 Å². The van der Waals surface area contributed by atoms with Crippen LogP contribution >= 0.6 is 0 Å². The zero-order chi connectivity index (χ0) is 14.8. The molecule has 5 nitrogen and oxygen atoms in total. The largest absolute Gasteiger partial charge is 0.361 e. The van der Waals surface area contributed by atoms with E-state index < -0.39 is 0 Å². The Hall–Kier alpha value is -2.14. The van der Waals surface area contributed by atoms with Crippen LogP contribution in [0.25, 0.3) is 10.9 Å². The molecule has 1 aliphatic rings. The van der Waals surface area contributed by atoms with Crippen LogP contribution in [0, 0.1) is 0 Å². The highest BCUT2D eigenvalue weighted by Crippen LogP contribution is 2.32. The van der Waals surface area contributed by atoms with E-state index in [1.54, 1.807) is 17.2 Å². The third kappa shape index (κ3) is 2.64. The highest BCUT2D eigenvalue weighted by Gasteiger charge is 2.25. The fourth-order valence-corrected chi connectivity index (χ4v) is 3.52. The molecular formula is C17H21N5. The summed E-state index contributed by atoms with van der Waals surface area (Å²) in [5.74, 6) is 0.652. The van der Waals surface area contributed by atoms with Crippen LogP contribution in [0.4, 0.5) is 0 Å². The van der Waals surface area contributed by atoms with Crippen molar-refractivity contribution in [2.45, 2.75) is 25.3 Å². The van der Waals surface area contributed by atoms with E-state index >= 15 is 0 Å². The van der Waals surface area contributed by atoms with Crippen LogP contribution in [0.5, 0.6) is 0 Å². The maximum absolute atomic E-state index is 4.15. The number of H-pyrrole nitrogens is 1. The number of hydrogen-bond acceptors (Lipinski definition) is 3. The molecule has 1 fully saturated rings. The number of nitrogens with zero attached hydrogens (tertiary/aromatic N) is 4. The van der Waals surface area contributed by atoms with Gasteiger partial charge in [-0.1, -0.05) is 18.2 Å². The molecule has 1 N–H and O–H groups in total. The van der Waals surface area contributed by atoms with Crippen LogP contribution in [-0.2, 0) is 6.54 Å². The Bertz CT molecular complexity index is 730. The lowest BCUT2D eigenvalue weighted by molar-refractivity contribution is 0.314. The number of aromatic amines is 1. The second-order valence-electron chi connectivity index (χ2n) is 6.05. The van der Waals surface area contributed by atoms with Gasteiger partial charge in [0.15, 0.2) is 0 Å². The Morgan fingerprint density at radius 2 is 2.00 bits per heavy atom. The summed E-state index contributed by atoms with van der Waals surface area (Å²) in [4.78, 5) is 7.74. The molecule has 1 aliphatic heterocycles. The fraction of sp³-hybridized carbons (Fsp3) is 0.412. The Kier molecular flexibility index (Phi) is 3.64. The quantitative estimate of drug-likeness (QED) is 0.787. The van der Waals surface area contributed by atoms with Crippen molar-refractivity contribution in [1.82, 2.24) is 24.9 Å². The summed E-state index contributed by atoms with van der Waals surface area (Å²) in [5, 5.41) is 9.69. The molecule has 4 rings (SSSR count). The molecular weight excluding hydrogens is 274 g/mol. The topological polar surface area (TPSA) is 49.7 Å². The maximum atomic E-state index is 4.15. The molecule has 1 saturated heterocycles. The van der Waals surface area contributed by atoms with E-state index in [0.29, 0.717) is 5.92 Å². The van der Waals surface area contributed by atoms with Crippen LogP contribution in [0.2, 0.25) is 0 Å². The monoisotopic (exact) mass is 295 g/mol. The average Bonchev–Trinajstić information content (AvgIpc) is 3.27. The number of fused-ring (bicyclic) bond motifs is 1. The van der Waals surface area contributed by atoms with E-state index in [1.807, 2.05) is 0 Å². The standard InChI is InChI=1S/C17H21N5/c1-2-5-17-15(4-1)16(12-18-17)14-6-11-21(13-14)9-3-10-22-19-7-8-20-22/h1-2,4-5,7-8,12,14,18H,3,6,9-11,13H2/t14-/m0/s1. The Labute approximate surface area is 129 Å². The van der Waals surface area contributed by atoms with Crippen LogP contribution in [-0.4, -0.2) is 44.5 Å². The molecule has 0 bridgehead atoms. The number of para-hydroxylation sites is 1. The van der Waals surface area contributed by atoms with Crippen molar-refractivity contribution in [2.75, 3.05) is 19.6 Å². The summed E-state index contributed by atoms with van der Waals surface area (Å²) in [6.45, 7) is 4.38. The smallest absolute Gasteiger partial charge is 0.0693 e. The van der Waals surface area contributed by atoms with Gasteiger partial charge in [-0.2, -0.15) is 15.0 Å². The highest BCUT2D eigenvalue weighted by molar-refractivity contribution is 5.83. The predicted molar refractivity (Wildman–Crippen MR) is 86.7 cm³/mol. The van der Waals surface area contributed by atoms with Crippen molar-refractivity contribution >= 4 is 10.9 Å². The van der Waals surface area contributed by atoms with Crippen LogP contribution in [0.3, 0.4) is 0 Å². The lowest BCUT2D eigenvalue weighted by Crippen LogP contribution is -2.23. The van der Waals surface area contributed by atoms with Gasteiger partial charge in [0.1, 0.15) is 0 Å². The fourth-order valence-electron chi connectivity index (χ4n) is 3.52. The van der Waals surface area contributed by atoms with Crippen molar-refractivity contribution in [3.63, 3.8) is 0 Å². The van der Waals surface area contributed by atoms with Crippen molar-refractivity contribution in [3.05, 3.63) is 48.4 Å². The Morgan fingerprint density at radius 1 is 1.14 bits per heavy atom. The molecule has 2 aromatic heterocycles. The van der Waals surface area contributed by atoms with E-state index in [0.717, 1.165) is 26.1 Å². The van der Waals surface area contributed by atoms with Gasteiger partial charge in [-0.3, -0.25) is 0 Å². The van der Waals surface area contributed by atoms with E-state index in [1.165, 1.54) is 29.4 Å². The molecule has 114 valence electrons. The first-order valence-corrected chi connectivity index (χ1v) is 8.02. The van der Waals surface area contributed by atoms with Gasteiger partial charge < -0.3 is 9.88 Å². The second kappa shape index (κ2) is 5.93. The average molecular weight is 295 g/mol. The van der Waals surface area contributed by atoms with Crippen molar-refractivity contribution in [2.24, 2.45) is 0 Å². The number of nitrogens with one attached hydrogen (secondary N) is 1. The molecule has 1 aromatic carbocycles. The molecule has 0 saturated carbocycles. The normalized spacial score (nSPS) is 19.2. The molecule has 0 amide bonds. The molecule has 3 heterocycles. The first kappa shape index (κ1) is 13.5. The van der Waals surface area contributed by atoms with E-state index in [2.05, 4.69) is 50.5 Å². The van der Waals surface area contributed by atoms with Gasteiger partial charge in [-0.15, -0.1) is 0 Å². The van der Waals surface area contributed by atoms with E-state index in [-0.39, 0.29) is 0 Å². The molecule has 0 radical (unpaired) electrons. The molecule has 1 atom stereocenters. The zero-order valence-electron chi connectivity index (χ0n) is 12.7. The van der Waals surface area contributed by atoms with Crippen LogP contribution in [0.1, 0.15) is 24.3 Å². The number of aromatic nitrogens is 4. The molecule has 0 spiro atoms. The third-order valence-corrected chi connectivity index (χ3v) is 4.63. The zero-order valence-corrected chi connectivity index (χ0v) is 12.7. The maximum Gasteiger partial charge on any atom is 0.0693 e. The highest BCUT2D eigenvalue weighted by atomic mass is 15.5. The van der Waals surface area contributed by atoms with Gasteiger partial charge >= 0.3 is 0 Å². The lowest BCUT2D eigenvalue weighted by atomic mass is 9.98. The summed E-state index contributed by atoms with van der Waals surface area (Å²) in [6, 6.07) is 8.60. The number of hydrogen-bond donors (Lipinski definition) is 1. The predicted octanol–water partition coefficient (Wildman–Crippen LogP) is 2.64. The summed E-state index contributed by atoms with van der Waals surface area (Å²) < 4.78 is 0. The number of likely N-dealkylation sites (tertiary alicyclic amines) is 1. The van der Waals surface area contributed by atoms with Gasteiger partial charge in [-0.05, 0) is 43.5 Å². The van der Waals surface area contributed by atoms with Gasteiger partial charge in [0, 0.05) is 23.6 Å². The van der Waals surface area contributed by atoms with Crippen molar-refractivity contribution < 1.29 is 0 Å². The van der Waals surface area contributed by atoms with Crippen LogP contribution in [0.15, 0.2) is 42.9 Å². The summed E-state index contributed by atoms with van der Waals surface area (Å²) in [7, 11) is 0. The first-order valence-electron chi connectivity index (χ1n) is 8.02. The number of aryl methyl sites for hydroxylation is 1. The minimum Gasteiger partial charge on any atom is -0.361 e. The van der Waals surface area contributed by atoms with E-state index in [4.69, 9.17) is 0 Å². The second-order valence-corrected chi connectivity index (χ2v) is 6.05. The van der Waals surface area contributed by atoms with Gasteiger partial charge in [0.25, 0.3) is 0 Å². The molecule has 5 heteroatoms. The van der Waals surface area contributed by atoms with Gasteiger partial charge in [-0.25, -0.2) is 0 Å². The molecule has 0 aliphatic carbocycles. The minimum atomic E-state index is 0.652. The first-order chi connectivity index (χ1) is 10.9. The lowest BCUT2D eigenvalue weighted by Gasteiger charge is -2.15. The minimum absolute atomic E-state index is 0.652. The number of rotatable bonds is 5. The Morgan fingerprint density at radius 3 is 2.91 bits per heavy atom. The Balaban J connectivity index is 1.36. The summed E-state index contributed by atoms with van der Waals surface area (Å²) in [6.07, 6.45) is 8.04. The summed E-state index contributed by atoms with van der Waals surface area (Å²) >= 11 is 0. The van der Waals surface area contributed by atoms with Gasteiger partial charge in [0.05, 0.1) is 18.9 Å². The SMILES string of the molecule is c1ccc2c([C@H]3CCN(CCCn4nccn4)C3)c[nH]c2c1. The molecule has 22 heavy (non-hydrogen) atoms. The molecule has 3 aromatic rings. The van der Waals surface area contributed by atoms with E-state index in [9.17, 15) is 0 Å².